The van der Waals surface area contributed by atoms with Gasteiger partial charge in [-0.25, -0.2) is 0 Å². The number of hydrogen-bond acceptors (Lipinski definition) is 2. The van der Waals surface area contributed by atoms with E-state index < -0.39 is 0 Å². The summed E-state index contributed by atoms with van der Waals surface area (Å²) in [6.45, 7) is 57.0. The first-order chi connectivity index (χ1) is 40.6. The molecule has 0 aliphatic carbocycles. The molecule has 0 aliphatic rings. The Morgan fingerprint density at radius 1 is 0.212 bits per heavy atom. The zero-order valence-electron chi connectivity index (χ0n) is 58.5. The number of benzene rings is 8. The molecular formula is C83H122N2. The van der Waals surface area contributed by atoms with Gasteiger partial charge in [0.2, 0.25) is 0 Å². The van der Waals surface area contributed by atoms with E-state index in [1.54, 1.807) is 0 Å². The van der Waals surface area contributed by atoms with Crippen molar-refractivity contribution in [3.8, 4) is 22.3 Å². The summed E-state index contributed by atoms with van der Waals surface area (Å²) in [5, 5.41) is 3.89. The number of nitrogens with zero attached hydrogens (tertiary/aromatic N) is 2. The molecule has 85 heavy (non-hydrogen) atoms. The van der Waals surface area contributed by atoms with E-state index in [1.165, 1.54) is 94.0 Å². The highest BCUT2D eigenvalue weighted by atomic mass is 14.7. The molecule has 0 amide bonds. The van der Waals surface area contributed by atoms with Crippen molar-refractivity contribution in [1.29, 1.82) is 0 Å². The van der Waals surface area contributed by atoms with Crippen LogP contribution in [0.5, 0.6) is 0 Å². The quantitative estimate of drug-likeness (QED) is 0.172. The van der Waals surface area contributed by atoms with Gasteiger partial charge in [0.1, 0.15) is 0 Å². The molecule has 8 aromatic carbocycles. The lowest BCUT2D eigenvalue weighted by molar-refractivity contribution is 1.17. The summed E-state index contributed by atoms with van der Waals surface area (Å²) in [6, 6.07) is 70.6. The van der Waals surface area contributed by atoms with Crippen LogP contribution in [0.1, 0.15) is 185 Å². The van der Waals surface area contributed by atoms with Crippen molar-refractivity contribution in [1.82, 2.24) is 9.97 Å². The maximum atomic E-state index is 4.42. The van der Waals surface area contributed by atoms with Crippen LogP contribution in [-0.2, 0) is 0 Å². The van der Waals surface area contributed by atoms with Crippen LogP contribution in [0.15, 0.2) is 206 Å². The molecule has 0 aliphatic heterocycles. The Labute approximate surface area is 525 Å². The summed E-state index contributed by atoms with van der Waals surface area (Å²) in [6.07, 6.45) is 1.87. The van der Waals surface area contributed by atoms with Crippen molar-refractivity contribution < 1.29 is 0 Å². The molecule has 10 rings (SSSR count). The van der Waals surface area contributed by atoms with E-state index >= 15 is 0 Å². The second-order valence-corrected chi connectivity index (χ2v) is 18.1. The van der Waals surface area contributed by atoms with E-state index in [0.717, 1.165) is 16.9 Å². The minimum atomic E-state index is 0. The number of rotatable bonds is 2. The first kappa shape index (κ1) is 86.4. The van der Waals surface area contributed by atoms with E-state index in [1.807, 2.05) is 150 Å². The molecule has 0 radical (unpaired) electrons. The number of pyridine rings is 2. The summed E-state index contributed by atoms with van der Waals surface area (Å²) in [5.41, 5.74) is 21.5. The van der Waals surface area contributed by atoms with Gasteiger partial charge < -0.3 is 0 Å². The van der Waals surface area contributed by atoms with E-state index in [0.29, 0.717) is 0 Å². The average molecular weight is 1150 g/mol. The molecule has 0 unspecified atom stereocenters. The lowest BCUT2D eigenvalue weighted by Gasteiger charge is -2.03. The molecule has 0 bridgehead atoms. The van der Waals surface area contributed by atoms with Crippen LogP contribution in [0.25, 0.3) is 43.9 Å². The Morgan fingerprint density at radius 3 is 0.800 bits per heavy atom. The second-order valence-electron chi connectivity index (χ2n) is 18.1. The lowest BCUT2D eigenvalue weighted by atomic mass is 10.0. The number of fused-ring (bicyclic) bond motifs is 2. The zero-order chi connectivity index (χ0) is 65.0. The molecule has 2 aromatic heterocycles. The van der Waals surface area contributed by atoms with Crippen molar-refractivity contribution in [2.45, 2.75) is 201 Å². The Hall–Kier alpha value is -7.42. The molecule has 0 saturated heterocycles. The van der Waals surface area contributed by atoms with Gasteiger partial charge in [0.05, 0.1) is 5.52 Å². The molecular weight excluding hydrogens is 1020 g/mol. The number of hydrogen-bond donors (Lipinski definition) is 0. The summed E-state index contributed by atoms with van der Waals surface area (Å²) in [4.78, 5) is 8.50. The molecule has 464 valence electrons. The van der Waals surface area contributed by atoms with Crippen molar-refractivity contribution in [3.05, 3.63) is 273 Å². The summed E-state index contributed by atoms with van der Waals surface area (Å²) < 4.78 is 0. The minimum absolute atomic E-state index is 0. The fourth-order valence-corrected chi connectivity index (χ4v) is 7.15. The SMILES string of the molecule is C.CC.CC.CC.CC.CC.CC.CC.CC.Cc1ccc(-c2ccc(C)cc2)cc1.Cc1ccc(C)cc1.Cc1ccc(C)nc1.Cc1ccc2cc(C)ccc2c1.Cc1ccc2nc(C)ccc2c1.Cc1cccc(-c2cccc(C)c2)c1. The van der Waals surface area contributed by atoms with E-state index in [4.69, 9.17) is 0 Å². The van der Waals surface area contributed by atoms with Crippen molar-refractivity contribution >= 4 is 21.7 Å². The summed E-state index contributed by atoms with van der Waals surface area (Å²) in [5.74, 6) is 0. The molecule has 0 N–H and O–H groups in total. The average Bonchev–Trinajstić information content (AvgIpc) is 3.55. The molecule has 10 aromatic rings. The zero-order valence-corrected chi connectivity index (χ0v) is 58.5. The largest absolute Gasteiger partial charge is 0.261 e. The monoisotopic (exact) mass is 1150 g/mol. The number of aromatic nitrogens is 2. The Bertz CT molecular complexity index is 2750. The van der Waals surface area contributed by atoms with Gasteiger partial charge in [-0.1, -0.05) is 344 Å². The minimum Gasteiger partial charge on any atom is -0.261 e. The van der Waals surface area contributed by atoms with Gasteiger partial charge in [0.15, 0.2) is 0 Å². The number of aryl methyl sites for hydroxylation is 12. The molecule has 2 heteroatoms. The molecule has 2 nitrogen and oxygen atoms in total. The van der Waals surface area contributed by atoms with Crippen LogP contribution in [0.2, 0.25) is 0 Å². The predicted molar refractivity (Wildman–Crippen MR) is 394 cm³/mol. The van der Waals surface area contributed by atoms with Crippen molar-refractivity contribution in [2.75, 3.05) is 0 Å². The van der Waals surface area contributed by atoms with Gasteiger partial charge in [-0.2, -0.15) is 0 Å². The Morgan fingerprint density at radius 2 is 0.482 bits per heavy atom. The normalized spacial score (nSPS) is 8.61. The molecule has 0 saturated carbocycles. The molecule has 0 atom stereocenters. The fourth-order valence-electron chi connectivity index (χ4n) is 7.15. The first-order valence-electron chi connectivity index (χ1n) is 31.6. The highest BCUT2D eigenvalue weighted by molar-refractivity contribution is 5.83. The van der Waals surface area contributed by atoms with Gasteiger partial charge in [0, 0.05) is 23.0 Å². The first-order valence-corrected chi connectivity index (χ1v) is 31.6. The van der Waals surface area contributed by atoms with Crippen LogP contribution in [0.3, 0.4) is 0 Å². The van der Waals surface area contributed by atoms with Gasteiger partial charge in [-0.05, 0) is 146 Å². The van der Waals surface area contributed by atoms with Crippen LogP contribution >= 0.6 is 0 Å². The van der Waals surface area contributed by atoms with Gasteiger partial charge in [-0.3, -0.25) is 9.97 Å². The highest BCUT2D eigenvalue weighted by Gasteiger charge is 1.99. The van der Waals surface area contributed by atoms with E-state index in [2.05, 4.69) is 260 Å². The molecule has 0 spiro atoms. The van der Waals surface area contributed by atoms with Crippen molar-refractivity contribution in [3.63, 3.8) is 0 Å². The second kappa shape index (κ2) is 55.8. The Kier molecular flexibility index (Phi) is 56.6. The fraction of sp³-hybridized carbons (Fsp3) is 0.349. The molecule has 2 heterocycles. The third-order valence-corrected chi connectivity index (χ3v) is 11.2. The van der Waals surface area contributed by atoms with Crippen LogP contribution in [-0.4, -0.2) is 9.97 Å². The van der Waals surface area contributed by atoms with Gasteiger partial charge in [0.25, 0.3) is 0 Å². The third kappa shape index (κ3) is 38.9. The van der Waals surface area contributed by atoms with Gasteiger partial charge in [-0.15, -0.1) is 0 Å². The van der Waals surface area contributed by atoms with Crippen LogP contribution < -0.4 is 0 Å². The standard InChI is InChI=1S/2C14H14.C12H12.C11H11N.C8H10.C7H9N.8C2H6.CH4/c1-11-3-7-13(8-4-11)14-9-5-12(2)6-10-14;1-11-5-3-7-13(9-11)14-8-4-6-12(2)10-14;1-9-3-5-12-8-10(2)4-6-11(12)7-9;1-8-3-6-11-10(7-8)5-4-9(2)12-11;1-7-3-5-8(2)6-4-7;1-6-3-4-7(2)8-5-6;8*1-2;/h2*3-10H,1-2H3;3-8H,1-2H3;3-7H,1-2H3;3-6H,1-2H3;3-5H,1-2H3;8*1-2H3;1H4. The maximum absolute atomic E-state index is 4.42. The van der Waals surface area contributed by atoms with Crippen LogP contribution in [0, 0.1) is 83.1 Å². The third-order valence-electron chi connectivity index (χ3n) is 11.2. The molecule has 0 fully saturated rings. The van der Waals surface area contributed by atoms with Crippen molar-refractivity contribution in [2.24, 2.45) is 0 Å². The van der Waals surface area contributed by atoms with E-state index in [9.17, 15) is 0 Å². The van der Waals surface area contributed by atoms with E-state index in [-0.39, 0.29) is 7.43 Å². The highest BCUT2D eigenvalue weighted by Crippen LogP contribution is 2.22. The van der Waals surface area contributed by atoms with Crippen LogP contribution in [0.4, 0.5) is 0 Å². The smallest absolute Gasteiger partial charge is 0.0705 e. The van der Waals surface area contributed by atoms with Gasteiger partial charge >= 0.3 is 0 Å². The topological polar surface area (TPSA) is 25.8 Å². The summed E-state index contributed by atoms with van der Waals surface area (Å²) in [7, 11) is 0. The Balaban J connectivity index is -0.000000289. The maximum Gasteiger partial charge on any atom is 0.0705 e. The predicted octanol–water partition coefficient (Wildman–Crippen LogP) is 27.1. The summed E-state index contributed by atoms with van der Waals surface area (Å²) >= 11 is 0. The lowest BCUT2D eigenvalue weighted by Crippen LogP contribution is -1.82.